The van der Waals surface area contributed by atoms with Gasteiger partial charge in [-0.25, -0.2) is 0 Å². The minimum Gasteiger partial charge on any atom is -0.375 e. The number of allylic oxidation sites excluding steroid dienone is 2. The monoisotopic (exact) mass is 207 g/mol. The van der Waals surface area contributed by atoms with Gasteiger partial charge in [-0.1, -0.05) is 19.3 Å². The molecule has 0 unspecified atom stereocenters. The van der Waals surface area contributed by atoms with Crippen LogP contribution in [0.3, 0.4) is 0 Å². The second-order valence-electron chi connectivity index (χ2n) is 4.86. The van der Waals surface area contributed by atoms with Gasteiger partial charge in [-0.15, -0.1) is 0 Å². The second kappa shape index (κ2) is 4.82. The highest BCUT2D eigenvalue weighted by molar-refractivity contribution is 5.91. The number of rotatable bonds is 2. The molecule has 0 atom stereocenters. The third-order valence-corrected chi connectivity index (χ3v) is 3.76. The molecule has 0 aromatic heterocycles. The van der Waals surface area contributed by atoms with E-state index in [1.54, 1.807) is 0 Å². The van der Waals surface area contributed by atoms with Crippen LogP contribution in [-0.4, -0.2) is 23.8 Å². The van der Waals surface area contributed by atoms with Crippen molar-refractivity contribution in [1.29, 1.82) is 0 Å². The minimum absolute atomic E-state index is 0.318. The lowest BCUT2D eigenvalue weighted by Gasteiger charge is -2.35. The Morgan fingerprint density at radius 1 is 1.13 bits per heavy atom. The van der Waals surface area contributed by atoms with E-state index in [2.05, 4.69) is 11.9 Å². The fourth-order valence-electron chi connectivity index (χ4n) is 2.75. The third-order valence-electron chi connectivity index (χ3n) is 3.76. The van der Waals surface area contributed by atoms with Crippen LogP contribution >= 0.6 is 0 Å². The van der Waals surface area contributed by atoms with Crippen molar-refractivity contribution < 1.29 is 4.79 Å². The van der Waals surface area contributed by atoms with Crippen LogP contribution in [0, 0.1) is 0 Å². The Hall–Kier alpha value is -0.790. The summed E-state index contributed by atoms with van der Waals surface area (Å²) >= 11 is 0. The third kappa shape index (κ3) is 2.61. The topological polar surface area (TPSA) is 20.3 Å². The van der Waals surface area contributed by atoms with Crippen LogP contribution in [0.2, 0.25) is 0 Å². The number of carbonyl (C=O) groups excluding carboxylic acids is 1. The fraction of sp³-hybridized carbons (Fsp3) is 0.769. The number of nitrogens with zero attached hydrogens (tertiary/aromatic N) is 1. The van der Waals surface area contributed by atoms with Crippen molar-refractivity contribution in [2.24, 2.45) is 0 Å². The first-order valence-corrected chi connectivity index (χ1v) is 6.23. The van der Waals surface area contributed by atoms with Gasteiger partial charge in [0, 0.05) is 31.3 Å². The van der Waals surface area contributed by atoms with Gasteiger partial charge < -0.3 is 4.90 Å². The van der Waals surface area contributed by atoms with E-state index in [1.165, 1.54) is 37.8 Å². The Labute approximate surface area is 92.3 Å². The van der Waals surface area contributed by atoms with Gasteiger partial charge in [0.15, 0.2) is 5.78 Å². The van der Waals surface area contributed by atoms with E-state index in [-0.39, 0.29) is 0 Å². The standard InChI is InChI=1S/C13H21NO/c1-14(11-6-3-2-4-7-11)12-8-5-9-13(15)10-12/h10-11H,2-9H2,1H3. The fourth-order valence-corrected chi connectivity index (χ4v) is 2.75. The average Bonchev–Trinajstić information content (AvgIpc) is 2.29. The lowest BCUT2D eigenvalue weighted by atomic mass is 9.93. The Morgan fingerprint density at radius 3 is 2.53 bits per heavy atom. The molecule has 84 valence electrons. The number of ketones is 1. The highest BCUT2D eigenvalue weighted by Gasteiger charge is 2.21. The molecular formula is C13H21NO. The maximum Gasteiger partial charge on any atom is 0.157 e. The first kappa shape index (κ1) is 10.7. The van der Waals surface area contributed by atoms with Crippen molar-refractivity contribution in [3.8, 4) is 0 Å². The molecule has 2 nitrogen and oxygen atoms in total. The molecule has 2 rings (SSSR count). The lowest BCUT2D eigenvalue weighted by molar-refractivity contribution is -0.115. The summed E-state index contributed by atoms with van der Waals surface area (Å²) in [6.45, 7) is 0. The van der Waals surface area contributed by atoms with E-state index in [9.17, 15) is 4.79 Å². The predicted molar refractivity (Wildman–Crippen MR) is 61.6 cm³/mol. The van der Waals surface area contributed by atoms with Crippen molar-refractivity contribution >= 4 is 5.78 Å². The van der Waals surface area contributed by atoms with Crippen molar-refractivity contribution in [2.45, 2.75) is 57.4 Å². The van der Waals surface area contributed by atoms with Crippen LogP contribution < -0.4 is 0 Å². The Bertz CT molecular complexity index is 264. The second-order valence-corrected chi connectivity index (χ2v) is 4.86. The van der Waals surface area contributed by atoms with Crippen molar-refractivity contribution in [3.63, 3.8) is 0 Å². The summed E-state index contributed by atoms with van der Waals surface area (Å²) in [6, 6.07) is 0.691. The van der Waals surface area contributed by atoms with Crippen LogP contribution in [0.25, 0.3) is 0 Å². The predicted octanol–water partition coefficient (Wildman–Crippen LogP) is 2.89. The van der Waals surface area contributed by atoms with E-state index in [0.717, 1.165) is 19.3 Å². The molecule has 1 saturated carbocycles. The van der Waals surface area contributed by atoms with Crippen molar-refractivity contribution in [2.75, 3.05) is 7.05 Å². The van der Waals surface area contributed by atoms with Crippen LogP contribution in [0.15, 0.2) is 11.8 Å². The van der Waals surface area contributed by atoms with E-state index in [1.807, 2.05) is 6.08 Å². The largest absolute Gasteiger partial charge is 0.375 e. The van der Waals surface area contributed by atoms with Crippen LogP contribution in [0.4, 0.5) is 0 Å². The summed E-state index contributed by atoms with van der Waals surface area (Å²) in [5, 5.41) is 0. The molecule has 15 heavy (non-hydrogen) atoms. The zero-order valence-corrected chi connectivity index (χ0v) is 9.67. The number of carbonyl (C=O) groups is 1. The summed E-state index contributed by atoms with van der Waals surface area (Å²) in [4.78, 5) is 13.7. The van der Waals surface area contributed by atoms with Crippen molar-refractivity contribution in [1.82, 2.24) is 4.90 Å². The normalized spacial score (nSPS) is 23.8. The summed E-state index contributed by atoms with van der Waals surface area (Å²) in [5.41, 5.74) is 1.28. The van der Waals surface area contributed by atoms with Gasteiger partial charge in [-0.2, -0.15) is 0 Å². The van der Waals surface area contributed by atoms with E-state index in [4.69, 9.17) is 0 Å². The molecule has 0 N–H and O–H groups in total. The van der Waals surface area contributed by atoms with E-state index >= 15 is 0 Å². The summed E-state index contributed by atoms with van der Waals surface area (Å²) < 4.78 is 0. The molecule has 1 fully saturated rings. The Kier molecular flexibility index (Phi) is 3.45. The lowest BCUT2D eigenvalue weighted by Crippen LogP contribution is -2.33. The number of hydrogen-bond acceptors (Lipinski definition) is 2. The molecule has 2 heteroatoms. The summed E-state index contributed by atoms with van der Waals surface area (Å²) in [7, 11) is 2.17. The van der Waals surface area contributed by atoms with E-state index < -0.39 is 0 Å². The van der Waals surface area contributed by atoms with E-state index in [0.29, 0.717) is 11.8 Å². The first-order chi connectivity index (χ1) is 7.27. The molecule has 0 aromatic carbocycles. The Morgan fingerprint density at radius 2 is 1.87 bits per heavy atom. The molecule has 0 aromatic rings. The average molecular weight is 207 g/mol. The van der Waals surface area contributed by atoms with Crippen LogP contribution in [-0.2, 0) is 4.79 Å². The molecule has 0 bridgehead atoms. The van der Waals surface area contributed by atoms with Gasteiger partial charge in [-0.05, 0) is 25.7 Å². The SMILES string of the molecule is CN(C1=CC(=O)CCC1)C1CCCCC1. The molecule has 0 spiro atoms. The maximum atomic E-state index is 11.4. The van der Waals surface area contributed by atoms with Gasteiger partial charge >= 0.3 is 0 Å². The molecule has 2 aliphatic carbocycles. The zero-order chi connectivity index (χ0) is 10.7. The van der Waals surface area contributed by atoms with Gasteiger partial charge in [0.2, 0.25) is 0 Å². The maximum absolute atomic E-state index is 11.4. The van der Waals surface area contributed by atoms with Gasteiger partial charge in [0.05, 0.1) is 0 Å². The molecule has 0 radical (unpaired) electrons. The molecular weight excluding hydrogens is 186 g/mol. The van der Waals surface area contributed by atoms with Crippen LogP contribution in [0.1, 0.15) is 51.4 Å². The highest BCUT2D eigenvalue weighted by atomic mass is 16.1. The smallest absolute Gasteiger partial charge is 0.157 e. The zero-order valence-electron chi connectivity index (χ0n) is 9.67. The van der Waals surface area contributed by atoms with Gasteiger partial charge in [0.25, 0.3) is 0 Å². The van der Waals surface area contributed by atoms with Crippen molar-refractivity contribution in [3.05, 3.63) is 11.8 Å². The van der Waals surface area contributed by atoms with Gasteiger partial charge in [0.1, 0.15) is 0 Å². The first-order valence-electron chi connectivity index (χ1n) is 6.23. The number of hydrogen-bond donors (Lipinski definition) is 0. The summed E-state index contributed by atoms with van der Waals surface area (Å²) in [6.07, 6.45) is 11.5. The molecule has 0 saturated heterocycles. The van der Waals surface area contributed by atoms with Gasteiger partial charge in [-0.3, -0.25) is 4.79 Å². The highest BCUT2D eigenvalue weighted by Crippen LogP contribution is 2.27. The van der Waals surface area contributed by atoms with Crippen LogP contribution in [0.5, 0.6) is 0 Å². The molecule has 0 amide bonds. The minimum atomic E-state index is 0.318. The summed E-state index contributed by atoms with van der Waals surface area (Å²) in [5.74, 6) is 0.318. The quantitative estimate of drug-likeness (QED) is 0.694. The molecule has 0 heterocycles. The molecule has 2 aliphatic rings. The Balaban J connectivity index is 1.99. The molecule has 0 aliphatic heterocycles.